The van der Waals surface area contributed by atoms with Gasteiger partial charge in [0.2, 0.25) is 12.8 Å². The van der Waals surface area contributed by atoms with Gasteiger partial charge < -0.3 is 26.0 Å². The van der Waals surface area contributed by atoms with Crippen molar-refractivity contribution in [1.82, 2.24) is 15.5 Å². The van der Waals surface area contributed by atoms with Crippen molar-refractivity contribution in [2.45, 2.75) is 59.0 Å². The quantitative estimate of drug-likeness (QED) is 0.126. The number of benzene rings is 1. The maximum absolute atomic E-state index is 13.9. The zero-order valence-corrected chi connectivity index (χ0v) is 26.6. The zero-order valence-electron chi connectivity index (χ0n) is 25.1. The van der Waals surface area contributed by atoms with Gasteiger partial charge in [0, 0.05) is 37.8 Å². The van der Waals surface area contributed by atoms with Gasteiger partial charge in [0.25, 0.3) is 0 Å². The number of anilines is 1. The number of hydrogen-bond donors (Lipinski definition) is 4. The molecule has 1 aromatic rings. The number of amides is 2. The Labute approximate surface area is 259 Å². The van der Waals surface area contributed by atoms with Crippen molar-refractivity contribution < 1.29 is 23.5 Å². The molecular weight excluding hydrogens is 585 g/mol. The second kappa shape index (κ2) is 19.8. The molecule has 0 unspecified atom stereocenters. The summed E-state index contributed by atoms with van der Waals surface area (Å²) in [6, 6.07) is 2.79. The van der Waals surface area contributed by atoms with Crippen LogP contribution < -0.4 is 16.0 Å². The lowest BCUT2D eigenvalue weighted by Crippen LogP contribution is -2.26. The predicted molar refractivity (Wildman–Crippen MR) is 169 cm³/mol. The minimum Gasteiger partial charge on any atom is -0.392 e. The van der Waals surface area contributed by atoms with Crippen LogP contribution in [0.25, 0.3) is 0 Å². The molecule has 11 heteroatoms. The Bertz CT molecular complexity index is 1060. The first-order valence-corrected chi connectivity index (χ1v) is 14.9. The number of halogens is 4. The first-order valence-electron chi connectivity index (χ1n) is 14.1. The van der Waals surface area contributed by atoms with Crippen LogP contribution in [0.15, 0.2) is 47.8 Å². The fraction of sp³-hybridized carbons (Fsp3) is 0.548. The number of nitrogens with zero attached hydrogens (tertiary/aromatic N) is 1. The summed E-state index contributed by atoms with van der Waals surface area (Å²) in [6.07, 6.45) is 8.63. The molecule has 2 heterocycles. The van der Waals surface area contributed by atoms with Gasteiger partial charge >= 0.3 is 0 Å². The number of aliphatic hydroxyl groups is 1. The van der Waals surface area contributed by atoms with Crippen LogP contribution in [-0.2, 0) is 9.59 Å². The number of hydrogen-bond acceptors (Lipinski definition) is 5. The molecule has 236 valence electrons. The Kier molecular flexibility index (Phi) is 17.8. The second-order valence-electron chi connectivity index (χ2n) is 11.9. The molecule has 0 bridgehead atoms. The van der Waals surface area contributed by atoms with Gasteiger partial charge in [-0.3, -0.25) is 9.59 Å². The van der Waals surface area contributed by atoms with E-state index in [1.54, 1.807) is 6.08 Å². The summed E-state index contributed by atoms with van der Waals surface area (Å²) in [6.45, 7) is 16.7. The third kappa shape index (κ3) is 15.8. The van der Waals surface area contributed by atoms with E-state index < -0.39 is 11.6 Å². The molecule has 2 fully saturated rings. The summed E-state index contributed by atoms with van der Waals surface area (Å²) in [5.41, 5.74) is 1.70. The van der Waals surface area contributed by atoms with E-state index in [0.29, 0.717) is 36.0 Å². The molecule has 2 saturated heterocycles. The highest BCUT2D eigenvalue weighted by atomic mass is 35.5. The zero-order chi connectivity index (χ0) is 31.7. The highest BCUT2D eigenvalue weighted by Crippen LogP contribution is 2.37. The van der Waals surface area contributed by atoms with Gasteiger partial charge in [0.15, 0.2) is 0 Å². The maximum Gasteiger partial charge on any atom is 0.211 e. The molecule has 0 spiro atoms. The molecule has 0 aliphatic carbocycles. The van der Waals surface area contributed by atoms with E-state index in [0.717, 1.165) is 52.0 Å². The SMILES string of the molecule is C=C(F)/C(Cl)=C\C=C/C[C@H]1CNC[C@H]1c1cc(F)c(Cl)cc1NC=O.CC(C)(C)C.O=CNCCCN1CC[C@H](O)C1. The summed E-state index contributed by atoms with van der Waals surface area (Å²) in [7, 11) is 0. The van der Waals surface area contributed by atoms with Crippen LogP contribution in [0.4, 0.5) is 14.5 Å². The van der Waals surface area contributed by atoms with Crippen molar-refractivity contribution in [2.75, 3.05) is 44.6 Å². The Morgan fingerprint density at radius 3 is 2.50 bits per heavy atom. The molecule has 0 radical (unpaired) electrons. The number of nitrogens with one attached hydrogen (secondary N) is 3. The number of β-amino-alcohol motifs (C(OH)–C–C–N with tert-alkyl or cyclic N) is 1. The standard InChI is InChI=1S/C18H18Cl2F2N2O.C8H16N2O2.C5H12/c1-11(21)15(19)5-3-2-4-12-8-23-9-14(12)13-6-17(22)16(20)7-18(13)24-10-25;11-7-9-3-1-4-10-5-2-8(12)6-10;1-5(2,3)4/h2-3,5-7,10,12,14,23H,1,4,8-9H2,(H,24,25);7-8,12H,1-6H2,(H,9,11);1-4H3/b3-2-,15-5+;;/t12-,14+;8-;/m00./s1. The monoisotopic (exact) mass is 630 g/mol. The van der Waals surface area contributed by atoms with Crippen LogP contribution in [0, 0.1) is 17.2 Å². The van der Waals surface area contributed by atoms with Gasteiger partial charge in [0.05, 0.1) is 16.2 Å². The molecular formula is C31H46Cl2F2N4O3. The highest BCUT2D eigenvalue weighted by molar-refractivity contribution is 6.31. The van der Waals surface area contributed by atoms with Gasteiger partial charge in [-0.25, -0.2) is 8.78 Å². The first-order chi connectivity index (χ1) is 19.8. The van der Waals surface area contributed by atoms with E-state index in [2.05, 4.69) is 55.1 Å². The molecule has 42 heavy (non-hydrogen) atoms. The third-order valence-electron chi connectivity index (χ3n) is 6.25. The van der Waals surface area contributed by atoms with E-state index in [9.17, 15) is 23.5 Å². The summed E-state index contributed by atoms with van der Waals surface area (Å²) in [4.78, 5) is 22.9. The fourth-order valence-electron chi connectivity index (χ4n) is 4.38. The number of likely N-dealkylation sites (tertiary alicyclic amines) is 1. The van der Waals surface area contributed by atoms with Gasteiger partial charge in [-0.2, -0.15) is 0 Å². The molecule has 1 aromatic carbocycles. The molecule has 7 nitrogen and oxygen atoms in total. The normalized spacial score (nSPS) is 20.8. The molecule has 2 aliphatic rings. The Balaban J connectivity index is 0.000000428. The van der Waals surface area contributed by atoms with E-state index in [1.165, 1.54) is 18.2 Å². The third-order valence-corrected chi connectivity index (χ3v) is 6.87. The summed E-state index contributed by atoms with van der Waals surface area (Å²) >= 11 is 11.5. The number of rotatable bonds is 12. The second-order valence-corrected chi connectivity index (χ2v) is 12.7. The molecule has 3 atom stereocenters. The van der Waals surface area contributed by atoms with Gasteiger partial charge in [-0.05, 0) is 67.5 Å². The number of allylic oxidation sites excluding steroid dienone is 5. The van der Waals surface area contributed by atoms with Crippen LogP contribution in [0.5, 0.6) is 0 Å². The van der Waals surface area contributed by atoms with Crippen LogP contribution in [0.3, 0.4) is 0 Å². The lowest BCUT2D eigenvalue weighted by Gasteiger charge is -2.21. The fourth-order valence-corrected chi connectivity index (χ4v) is 4.61. The maximum atomic E-state index is 13.9. The van der Waals surface area contributed by atoms with Gasteiger partial charge in [-0.1, -0.05) is 69.6 Å². The number of aliphatic hydroxyl groups excluding tert-OH is 1. The largest absolute Gasteiger partial charge is 0.392 e. The highest BCUT2D eigenvalue weighted by Gasteiger charge is 2.30. The number of carbonyl (C=O) groups is 2. The Morgan fingerprint density at radius 2 is 1.93 bits per heavy atom. The average Bonchev–Trinajstić information content (AvgIpc) is 3.54. The molecule has 3 rings (SSSR count). The van der Waals surface area contributed by atoms with Gasteiger partial charge in [-0.15, -0.1) is 0 Å². The minimum absolute atomic E-state index is 0.00876. The smallest absolute Gasteiger partial charge is 0.211 e. The van der Waals surface area contributed by atoms with E-state index in [4.69, 9.17) is 23.2 Å². The van der Waals surface area contributed by atoms with Crippen LogP contribution >= 0.6 is 23.2 Å². The summed E-state index contributed by atoms with van der Waals surface area (Å²) in [5, 5.41) is 17.6. The Hall–Kier alpha value is -2.30. The lowest BCUT2D eigenvalue weighted by atomic mass is 9.85. The lowest BCUT2D eigenvalue weighted by molar-refractivity contribution is -0.109. The van der Waals surface area contributed by atoms with E-state index in [-0.39, 0.29) is 28.0 Å². The number of carbonyl (C=O) groups excluding carboxylic acids is 2. The summed E-state index contributed by atoms with van der Waals surface area (Å²) in [5.74, 6) is -1.02. The molecule has 0 saturated carbocycles. The predicted octanol–water partition coefficient (Wildman–Crippen LogP) is 6.14. The van der Waals surface area contributed by atoms with E-state index >= 15 is 0 Å². The average molecular weight is 632 g/mol. The topological polar surface area (TPSA) is 93.7 Å². The summed E-state index contributed by atoms with van der Waals surface area (Å²) < 4.78 is 26.7. The van der Waals surface area contributed by atoms with E-state index in [1.807, 2.05) is 6.08 Å². The van der Waals surface area contributed by atoms with Crippen molar-refractivity contribution in [1.29, 1.82) is 0 Å². The molecule has 4 N–H and O–H groups in total. The molecule has 0 aromatic heterocycles. The molecule has 2 aliphatic heterocycles. The first kappa shape index (κ1) is 37.7. The van der Waals surface area contributed by atoms with Crippen molar-refractivity contribution in [2.24, 2.45) is 11.3 Å². The Morgan fingerprint density at radius 1 is 1.24 bits per heavy atom. The van der Waals surface area contributed by atoms with Crippen LogP contribution in [0.1, 0.15) is 58.4 Å². The van der Waals surface area contributed by atoms with Crippen molar-refractivity contribution in [3.63, 3.8) is 0 Å². The van der Waals surface area contributed by atoms with Crippen LogP contribution in [0.2, 0.25) is 5.02 Å². The van der Waals surface area contributed by atoms with Crippen molar-refractivity contribution in [3.8, 4) is 0 Å². The molecule has 2 amide bonds. The minimum atomic E-state index is -0.687. The van der Waals surface area contributed by atoms with Crippen molar-refractivity contribution >= 4 is 41.7 Å². The van der Waals surface area contributed by atoms with Gasteiger partial charge in [0.1, 0.15) is 11.6 Å². The van der Waals surface area contributed by atoms with Crippen LogP contribution in [-0.4, -0.2) is 68.2 Å². The van der Waals surface area contributed by atoms with Crippen molar-refractivity contribution in [3.05, 3.63) is 64.2 Å².